The second kappa shape index (κ2) is 15.6. The molecule has 4 amide bonds. The lowest BCUT2D eigenvalue weighted by Crippen LogP contribution is -2.58. The summed E-state index contributed by atoms with van der Waals surface area (Å²) >= 11 is 1.62. The molecule has 0 bridgehead atoms. The number of hydrogen-bond acceptors (Lipinski definition) is 11. The quantitative estimate of drug-likeness (QED) is 0.172. The Morgan fingerprint density at radius 1 is 1.07 bits per heavy atom. The molecule has 1 aromatic carbocycles. The molecule has 8 rings (SSSR count). The number of allylic oxidation sites excluding steroid dienone is 1. The van der Waals surface area contributed by atoms with E-state index in [0.29, 0.717) is 60.2 Å². The number of nitrogens with one attached hydrogen (secondary N) is 3. The number of sulfonamides is 1. The standard InChI is InChI=1S/C43H51N5O9S2/c1-24-19-35(58-25(24)2)31-21-34(37-36(44-31)29-14-11-12-16-33(29)56-37)55-27-20-32-38(49)46-43(40(51)47-59(53,54)28-17-18-28)22-26(43)13-9-7-6-8-10-15-30(39(50)48(32)23-27)45-41(52)57-42(3,4)5/h9,11-14,16,19,21,26-28,30,32H,6-8,10,15,17-18,20,22-23H2,1-5H3,(H,45,52)(H,46,49)(H,47,51)/t26-,27-,30+,32+,43-/m1/s1. The lowest BCUT2D eigenvalue weighted by Gasteiger charge is -2.30. The minimum Gasteiger partial charge on any atom is -0.484 e. The normalized spacial score (nSPS) is 25.4. The van der Waals surface area contributed by atoms with Crippen LogP contribution in [0.5, 0.6) is 5.75 Å². The fourth-order valence-electron chi connectivity index (χ4n) is 8.04. The molecule has 3 fully saturated rings. The van der Waals surface area contributed by atoms with Gasteiger partial charge >= 0.3 is 6.09 Å². The first-order valence-corrected chi connectivity index (χ1v) is 22.8. The lowest BCUT2D eigenvalue weighted by molar-refractivity contribution is -0.141. The summed E-state index contributed by atoms with van der Waals surface area (Å²) in [6, 6.07) is 9.32. The van der Waals surface area contributed by atoms with Crippen molar-refractivity contribution in [3.63, 3.8) is 0 Å². The average molecular weight is 846 g/mol. The number of thiophene rings is 1. The molecule has 3 aromatic heterocycles. The summed E-state index contributed by atoms with van der Waals surface area (Å²) < 4.78 is 46.7. The van der Waals surface area contributed by atoms with Crippen molar-refractivity contribution in [3.05, 3.63) is 59.0 Å². The Bertz CT molecular complexity index is 2450. The monoisotopic (exact) mass is 845 g/mol. The Hall–Kier alpha value is -4.96. The zero-order chi connectivity index (χ0) is 41.9. The maximum atomic E-state index is 14.7. The zero-order valence-corrected chi connectivity index (χ0v) is 35.6. The summed E-state index contributed by atoms with van der Waals surface area (Å²) in [6.07, 6.45) is 6.67. The van der Waals surface area contributed by atoms with Crippen LogP contribution in [0.25, 0.3) is 32.6 Å². The van der Waals surface area contributed by atoms with Gasteiger partial charge in [-0.1, -0.05) is 37.1 Å². The van der Waals surface area contributed by atoms with Crippen molar-refractivity contribution in [3.8, 4) is 16.3 Å². The Morgan fingerprint density at radius 2 is 1.85 bits per heavy atom. The first-order chi connectivity index (χ1) is 28.0. The first kappa shape index (κ1) is 40.8. The second-order valence-corrected chi connectivity index (χ2v) is 20.5. The number of nitrogens with zero attached hydrogens (tertiary/aromatic N) is 2. The molecule has 1 saturated heterocycles. The number of aromatic nitrogens is 1. The molecule has 0 radical (unpaired) electrons. The van der Waals surface area contributed by atoms with Crippen molar-refractivity contribution in [1.29, 1.82) is 0 Å². The van der Waals surface area contributed by atoms with Crippen molar-refractivity contribution in [2.75, 3.05) is 6.54 Å². The van der Waals surface area contributed by atoms with Gasteiger partial charge in [-0.05, 0) is 96.9 Å². The summed E-state index contributed by atoms with van der Waals surface area (Å²) in [4.78, 5) is 64.8. The van der Waals surface area contributed by atoms with Crippen molar-refractivity contribution in [1.82, 2.24) is 25.2 Å². The van der Waals surface area contributed by atoms with E-state index in [1.807, 2.05) is 49.4 Å². The number of furan rings is 1. The van der Waals surface area contributed by atoms with Gasteiger partial charge in [-0.2, -0.15) is 0 Å². The summed E-state index contributed by atoms with van der Waals surface area (Å²) in [5.41, 5.74) is 1.14. The predicted molar refractivity (Wildman–Crippen MR) is 223 cm³/mol. The number of amides is 4. The topological polar surface area (TPSA) is 186 Å². The highest BCUT2D eigenvalue weighted by Gasteiger charge is 2.62. The molecule has 2 aliphatic carbocycles. The van der Waals surface area contributed by atoms with Crippen molar-refractivity contribution < 1.29 is 41.5 Å². The number of para-hydroxylation sites is 1. The van der Waals surface area contributed by atoms with E-state index < -0.39 is 74.3 Å². The third-order valence-electron chi connectivity index (χ3n) is 11.5. The molecule has 2 aliphatic heterocycles. The number of rotatable bonds is 7. The van der Waals surface area contributed by atoms with E-state index in [2.05, 4.69) is 28.3 Å². The Morgan fingerprint density at radius 3 is 2.58 bits per heavy atom. The van der Waals surface area contributed by atoms with E-state index in [9.17, 15) is 27.6 Å². The van der Waals surface area contributed by atoms with Crippen LogP contribution in [0.15, 0.2) is 53.0 Å². The third-order valence-corrected chi connectivity index (χ3v) is 14.5. The van der Waals surface area contributed by atoms with Crippen LogP contribution in [0.2, 0.25) is 0 Å². The molecule has 3 N–H and O–H groups in total. The molecule has 14 nitrogen and oxygen atoms in total. The Kier molecular flexibility index (Phi) is 10.8. The van der Waals surface area contributed by atoms with Gasteiger partial charge in [-0.15, -0.1) is 11.3 Å². The highest BCUT2D eigenvalue weighted by molar-refractivity contribution is 7.91. The molecule has 59 heavy (non-hydrogen) atoms. The number of aryl methyl sites for hydroxylation is 2. The van der Waals surface area contributed by atoms with Crippen LogP contribution < -0.4 is 20.1 Å². The SMILES string of the molecule is Cc1cc(-c2cc(O[C@@H]3C[C@H]4C(=O)N[C@]5(C(=O)NS(=O)(=O)C6CC6)C[C@H]5C=CCCCCC[C@H](NC(=O)OC(C)(C)C)C(=O)N4C3)c3oc4ccccc4c3n2)sc1C. The number of carbonyl (C=O) groups is 4. The highest BCUT2D eigenvalue weighted by atomic mass is 32.2. The van der Waals surface area contributed by atoms with Crippen LogP contribution in [0, 0.1) is 19.8 Å². The highest BCUT2D eigenvalue weighted by Crippen LogP contribution is 2.46. The van der Waals surface area contributed by atoms with Gasteiger partial charge in [0.15, 0.2) is 11.3 Å². The molecule has 2 saturated carbocycles. The molecule has 5 atom stereocenters. The maximum absolute atomic E-state index is 14.7. The smallest absolute Gasteiger partial charge is 0.408 e. The van der Waals surface area contributed by atoms with Gasteiger partial charge in [0.25, 0.3) is 5.91 Å². The summed E-state index contributed by atoms with van der Waals surface area (Å²) in [5, 5.41) is 5.86. The fraction of sp³-hybridized carbons (Fsp3) is 0.512. The number of hydrogen-bond donors (Lipinski definition) is 3. The van der Waals surface area contributed by atoms with E-state index in [-0.39, 0.29) is 19.4 Å². The molecular formula is C43H51N5O9S2. The van der Waals surface area contributed by atoms with Gasteiger partial charge in [0, 0.05) is 28.7 Å². The zero-order valence-electron chi connectivity index (χ0n) is 34.0. The number of benzene rings is 1. The molecule has 4 aliphatic rings. The van der Waals surface area contributed by atoms with Gasteiger partial charge in [-0.3, -0.25) is 19.1 Å². The second-order valence-electron chi connectivity index (χ2n) is 17.3. The number of ether oxygens (including phenoxy) is 2. The van der Waals surface area contributed by atoms with Crippen LogP contribution in [-0.2, 0) is 29.1 Å². The number of alkyl carbamates (subject to hydrolysis) is 1. The lowest BCUT2D eigenvalue weighted by atomic mass is 10.0. The molecule has 16 heteroatoms. The molecule has 4 aromatic rings. The van der Waals surface area contributed by atoms with Crippen molar-refractivity contribution in [2.24, 2.45) is 5.92 Å². The van der Waals surface area contributed by atoms with Crippen LogP contribution in [-0.4, -0.2) is 83.2 Å². The average Bonchev–Trinajstić information content (AvgIpc) is 4.03. The molecular weight excluding hydrogens is 795 g/mol. The first-order valence-electron chi connectivity index (χ1n) is 20.4. The summed E-state index contributed by atoms with van der Waals surface area (Å²) in [6.45, 7) is 9.28. The van der Waals surface area contributed by atoms with E-state index in [0.717, 1.165) is 33.5 Å². The van der Waals surface area contributed by atoms with Crippen molar-refractivity contribution >= 4 is 67.2 Å². The number of fused-ring (bicyclic) bond motifs is 5. The van der Waals surface area contributed by atoms with E-state index in [1.165, 1.54) is 4.90 Å². The summed E-state index contributed by atoms with van der Waals surface area (Å²) in [7, 11) is -3.91. The fourth-order valence-corrected chi connectivity index (χ4v) is 10.4. The van der Waals surface area contributed by atoms with Gasteiger partial charge in [0.05, 0.1) is 22.4 Å². The molecule has 0 spiro atoms. The van der Waals surface area contributed by atoms with Gasteiger partial charge in [-0.25, -0.2) is 18.2 Å². The largest absolute Gasteiger partial charge is 0.484 e. The van der Waals surface area contributed by atoms with Crippen LogP contribution in [0.1, 0.15) is 89.0 Å². The van der Waals surface area contributed by atoms with Crippen LogP contribution >= 0.6 is 11.3 Å². The maximum Gasteiger partial charge on any atom is 0.408 e. The predicted octanol–water partition coefficient (Wildman–Crippen LogP) is 6.57. The number of pyridine rings is 1. The Labute approximate surface area is 347 Å². The molecule has 0 unspecified atom stereocenters. The number of carbonyl (C=O) groups excluding carboxylic acids is 4. The molecule has 5 heterocycles. The van der Waals surface area contributed by atoms with E-state index in [4.69, 9.17) is 18.9 Å². The van der Waals surface area contributed by atoms with Gasteiger partial charge in [0.2, 0.25) is 21.8 Å². The van der Waals surface area contributed by atoms with Crippen LogP contribution in [0.3, 0.4) is 0 Å². The Balaban J connectivity index is 1.15. The van der Waals surface area contributed by atoms with E-state index >= 15 is 0 Å². The van der Waals surface area contributed by atoms with Crippen LogP contribution in [0.4, 0.5) is 4.79 Å². The van der Waals surface area contributed by atoms with Crippen molar-refractivity contribution in [2.45, 2.75) is 127 Å². The third kappa shape index (κ3) is 8.56. The minimum absolute atomic E-state index is 0.0292. The minimum atomic E-state index is -3.91. The van der Waals surface area contributed by atoms with Gasteiger partial charge < -0.3 is 29.4 Å². The van der Waals surface area contributed by atoms with E-state index in [1.54, 1.807) is 32.1 Å². The van der Waals surface area contributed by atoms with Gasteiger partial charge in [0.1, 0.15) is 40.4 Å². The molecule has 314 valence electrons. The summed E-state index contributed by atoms with van der Waals surface area (Å²) in [5.74, 6) is -1.96.